The number of ether oxygens (including phenoxy) is 1. The average Bonchev–Trinajstić information content (AvgIpc) is 2.77. The predicted molar refractivity (Wildman–Crippen MR) is 89.5 cm³/mol. The number of hydrogen-bond acceptors (Lipinski definition) is 3. The van der Waals surface area contributed by atoms with Crippen molar-refractivity contribution in [3.8, 4) is 11.4 Å². The van der Waals surface area contributed by atoms with Crippen molar-refractivity contribution in [1.29, 1.82) is 0 Å². The number of methoxy groups -OCH3 is 1. The molecule has 21 heavy (non-hydrogen) atoms. The van der Waals surface area contributed by atoms with Crippen LogP contribution in [0.15, 0.2) is 34.8 Å². The third-order valence-electron chi connectivity index (χ3n) is 3.36. The molecule has 0 radical (unpaired) electrons. The summed E-state index contributed by atoms with van der Waals surface area (Å²) in [7, 11) is 1.62. The van der Waals surface area contributed by atoms with Crippen LogP contribution >= 0.6 is 27.5 Å². The van der Waals surface area contributed by atoms with Crippen LogP contribution in [0, 0.1) is 6.92 Å². The molecule has 1 heterocycles. The molecule has 0 aliphatic carbocycles. The number of hydrogen-bond donors (Lipinski definition) is 1. The van der Waals surface area contributed by atoms with E-state index in [1.807, 2.05) is 41.8 Å². The lowest BCUT2D eigenvalue weighted by Crippen LogP contribution is -2.02. The standard InChI is InChI=1S/C15H13BrClN3O/c1-8-5-10(16)14(7-11(8)17)20-13-4-3-9(21-2)6-12(13)19-15(20)18/h3-7H,1-2H3,(H2,18,19). The minimum absolute atomic E-state index is 0.402. The van der Waals surface area contributed by atoms with Gasteiger partial charge in [0.1, 0.15) is 5.75 Å². The lowest BCUT2D eigenvalue weighted by Gasteiger charge is -2.11. The largest absolute Gasteiger partial charge is 0.497 e. The van der Waals surface area contributed by atoms with Crippen LogP contribution in [0.1, 0.15) is 5.56 Å². The minimum Gasteiger partial charge on any atom is -0.497 e. The van der Waals surface area contributed by atoms with Gasteiger partial charge in [-0.25, -0.2) is 4.98 Å². The highest BCUT2D eigenvalue weighted by molar-refractivity contribution is 9.10. The average molecular weight is 367 g/mol. The van der Waals surface area contributed by atoms with Crippen LogP contribution in [0.3, 0.4) is 0 Å². The summed E-state index contributed by atoms with van der Waals surface area (Å²) in [5.74, 6) is 1.15. The normalized spacial score (nSPS) is 11.0. The number of fused-ring (bicyclic) bond motifs is 1. The second-order valence-electron chi connectivity index (χ2n) is 4.71. The zero-order chi connectivity index (χ0) is 15.1. The molecule has 6 heteroatoms. The summed E-state index contributed by atoms with van der Waals surface area (Å²) in [5.41, 5.74) is 9.61. The maximum absolute atomic E-state index is 6.24. The number of anilines is 1. The number of imidazole rings is 1. The van der Waals surface area contributed by atoms with Gasteiger partial charge in [0.15, 0.2) is 0 Å². The fourth-order valence-electron chi connectivity index (χ4n) is 2.27. The van der Waals surface area contributed by atoms with Crippen molar-refractivity contribution in [2.75, 3.05) is 12.8 Å². The van der Waals surface area contributed by atoms with Gasteiger partial charge >= 0.3 is 0 Å². The first-order chi connectivity index (χ1) is 10.0. The van der Waals surface area contributed by atoms with E-state index in [0.29, 0.717) is 11.0 Å². The molecule has 0 fully saturated rings. The van der Waals surface area contributed by atoms with Gasteiger partial charge in [-0.15, -0.1) is 0 Å². The van der Waals surface area contributed by atoms with E-state index < -0.39 is 0 Å². The Morgan fingerprint density at radius 1 is 1.29 bits per heavy atom. The molecule has 3 aromatic rings. The van der Waals surface area contributed by atoms with Crippen molar-refractivity contribution < 1.29 is 4.74 Å². The van der Waals surface area contributed by atoms with Crippen LogP contribution in [0.5, 0.6) is 5.75 Å². The Morgan fingerprint density at radius 2 is 2.05 bits per heavy atom. The molecule has 2 N–H and O–H groups in total. The summed E-state index contributed by atoms with van der Waals surface area (Å²) < 4.78 is 7.99. The smallest absolute Gasteiger partial charge is 0.205 e. The van der Waals surface area contributed by atoms with Crippen molar-refractivity contribution >= 4 is 44.5 Å². The molecule has 108 valence electrons. The fourth-order valence-corrected chi connectivity index (χ4v) is 3.06. The topological polar surface area (TPSA) is 53.1 Å². The van der Waals surface area contributed by atoms with E-state index in [1.165, 1.54) is 0 Å². The highest BCUT2D eigenvalue weighted by Gasteiger charge is 2.14. The van der Waals surface area contributed by atoms with Crippen molar-refractivity contribution in [2.45, 2.75) is 6.92 Å². The summed E-state index contributed by atoms with van der Waals surface area (Å²) >= 11 is 9.80. The van der Waals surface area contributed by atoms with Crippen molar-refractivity contribution in [2.24, 2.45) is 0 Å². The number of nitrogen functional groups attached to an aromatic ring is 1. The van der Waals surface area contributed by atoms with E-state index >= 15 is 0 Å². The predicted octanol–water partition coefficient (Wildman–Crippen LogP) is 4.34. The van der Waals surface area contributed by atoms with Gasteiger partial charge in [0.25, 0.3) is 0 Å². The number of benzene rings is 2. The maximum Gasteiger partial charge on any atom is 0.205 e. The molecule has 0 unspecified atom stereocenters. The molecule has 3 rings (SSSR count). The maximum atomic E-state index is 6.24. The number of rotatable bonds is 2. The van der Waals surface area contributed by atoms with Gasteiger partial charge in [0.05, 0.1) is 23.8 Å². The Bertz CT molecular complexity index is 845. The molecule has 4 nitrogen and oxygen atoms in total. The lowest BCUT2D eigenvalue weighted by atomic mass is 10.2. The van der Waals surface area contributed by atoms with Crippen molar-refractivity contribution in [3.05, 3.63) is 45.4 Å². The Morgan fingerprint density at radius 3 is 2.76 bits per heavy atom. The van der Waals surface area contributed by atoms with Gasteiger partial charge < -0.3 is 10.5 Å². The number of nitrogens with two attached hydrogens (primary N) is 1. The van der Waals surface area contributed by atoms with Crippen molar-refractivity contribution in [1.82, 2.24) is 9.55 Å². The molecular formula is C15H13BrClN3O. The van der Waals surface area contributed by atoms with E-state index in [0.717, 1.165) is 32.5 Å². The fraction of sp³-hybridized carbons (Fsp3) is 0.133. The molecule has 0 aliphatic rings. The summed E-state index contributed by atoms with van der Waals surface area (Å²) in [4.78, 5) is 4.39. The van der Waals surface area contributed by atoms with E-state index in [2.05, 4.69) is 20.9 Å². The zero-order valence-corrected chi connectivity index (χ0v) is 13.9. The van der Waals surface area contributed by atoms with Crippen LogP contribution in [-0.4, -0.2) is 16.7 Å². The number of halogens is 2. The Kier molecular flexibility index (Phi) is 3.55. The van der Waals surface area contributed by atoms with Gasteiger partial charge in [-0.3, -0.25) is 4.57 Å². The van der Waals surface area contributed by atoms with Gasteiger partial charge in [-0.2, -0.15) is 0 Å². The van der Waals surface area contributed by atoms with E-state index in [9.17, 15) is 0 Å². The lowest BCUT2D eigenvalue weighted by molar-refractivity contribution is 0.415. The number of aryl methyl sites for hydroxylation is 1. The SMILES string of the molecule is COc1ccc2c(c1)nc(N)n2-c1cc(Cl)c(C)cc1Br. The highest BCUT2D eigenvalue weighted by Crippen LogP contribution is 2.33. The molecule has 0 aliphatic heterocycles. The molecule has 0 saturated heterocycles. The number of nitrogens with zero attached hydrogens (tertiary/aromatic N) is 2. The van der Waals surface area contributed by atoms with Crippen LogP contribution in [0.2, 0.25) is 5.02 Å². The van der Waals surface area contributed by atoms with Gasteiger partial charge in [-0.1, -0.05) is 11.6 Å². The molecule has 0 atom stereocenters. The first kappa shape index (κ1) is 14.2. The van der Waals surface area contributed by atoms with Gasteiger partial charge in [0.2, 0.25) is 5.95 Å². The van der Waals surface area contributed by atoms with Gasteiger partial charge in [-0.05, 0) is 52.7 Å². The molecule has 0 bridgehead atoms. The Balaban J connectivity index is 2.30. The zero-order valence-electron chi connectivity index (χ0n) is 11.5. The second-order valence-corrected chi connectivity index (χ2v) is 5.97. The second kappa shape index (κ2) is 5.24. The first-order valence-corrected chi connectivity index (χ1v) is 7.46. The van der Waals surface area contributed by atoms with Crippen molar-refractivity contribution in [3.63, 3.8) is 0 Å². The molecule has 0 amide bonds. The molecule has 1 aromatic heterocycles. The van der Waals surface area contributed by atoms with Crippen LogP contribution in [-0.2, 0) is 0 Å². The monoisotopic (exact) mass is 365 g/mol. The minimum atomic E-state index is 0.402. The van der Waals surface area contributed by atoms with E-state index in [4.69, 9.17) is 22.1 Å². The molecular weight excluding hydrogens is 354 g/mol. The van der Waals surface area contributed by atoms with E-state index in [1.54, 1.807) is 7.11 Å². The summed E-state index contributed by atoms with van der Waals surface area (Å²) in [6.07, 6.45) is 0. The number of aromatic nitrogens is 2. The van der Waals surface area contributed by atoms with Gasteiger partial charge in [0, 0.05) is 15.6 Å². The first-order valence-electron chi connectivity index (χ1n) is 6.29. The van der Waals surface area contributed by atoms with E-state index in [-0.39, 0.29) is 0 Å². The molecule has 0 saturated carbocycles. The van der Waals surface area contributed by atoms with Crippen LogP contribution in [0.25, 0.3) is 16.7 Å². The highest BCUT2D eigenvalue weighted by atomic mass is 79.9. The molecule has 2 aromatic carbocycles. The van der Waals surface area contributed by atoms with Crippen LogP contribution < -0.4 is 10.5 Å². The summed E-state index contributed by atoms with van der Waals surface area (Å²) in [6.45, 7) is 1.96. The quantitative estimate of drug-likeness (QED) is 0.734. The Hall–Kier alpha value is -1.72. The third kappa shape index (κ3) is 2.36. The third-order valence-corrected chi connectivity index (χ3v) is 4.40. The Labute approximate surface area is 135 Å². The van der Waals surface area contributed by atoms with Crippen LogP contribution in [0.4, 0.5) is 5.95 Å². The summed E-state index contributed by atoms with van der Waals surface area (Å²) in [5, 5.41) is 0.683. The summed E-state index contributed by atoms with van der Waals surface area (Å²) in [6, 6.07) is 9.50. The molecule has 0 spiro atoms.